The molecule has 0 amide bonds. The van der Waals surface area contributed by atoms with Crippen LogP contribution in [0.15, 0.2) is 4.79 Å². The van der Waals surface area contributed by atoms with E-state index in [1.165, 1.54) is 6.92 Å². The van der Waals surface area contributed by atoms with Gasteiger partial charge >= 0.3 is 5.69 Å². The SMILES string of the molecule is Cc1[nH]c(C)c([N+](=O)[O-])c(=O)c1CNC(C)(C)C. The van der Waals surface area contributed by atoms with E-state index in [0.29, 0.717) is 23.5 Å². The van der Waals surface area contributed by atoms with Crippen LogP contribution in [0.1, 0.15) is 37.7 Å². The predicted molar refractivity (Wildman–Crippen MR) is 69.8 cm³/mol. The van der Waals surface area contributed by atoms with E-state index >= 15 is 0 Å². The van der Waals surface area contributed by atoms with Gasteiger partial charge < -0.3 is 10.3 Å². The van der Waals surface area contributed by atoms with Gasteiger partial charge in [0.05, 0.1) is 10.6 Å². The third kappa shape index (κ3) is 3.16. The Labute approximate surface area is 106 Å². The number of pyridine rings is 1. The minimum absolute atomic E-state index is 0.154. The van der Waals surface area contributed by atoms with Gasteiger partial charge in [-0.15, -0.1) is 0 Å². The minimum Gasteiger partial charge on any atom is -0.357 e. The maximum Gasteiger partial charge on any atom is 0.335 e. The zero-order valence-corrected chi connectivity index (χ0v) is 11.4. The summed E-state index contributed by atoms with van der Waals surface area (Å²) in [6, 6.07) is 0. The highest BCUT2D eigenvalue weighted by atomic mass is 16.6. The van der Waals surface area contributed by atoms with Crippen LogP contribution in [0.5, 0.6) is 0 Å². The minimum atomic E-state index is -0.631. The number of aromatic nitrogens is 1. The van der Waals surface area contributed by atoms with Crippen LogP contribution in [0.4, 0.5) is 5.69 Å². The van der Waals surface area contributed by atoms with Crippen molar-refractivity contribution in [1.82, 2.24) is 10.3 Å². The largest absolute Gasteiger partial charge is 0.357 e. The molecule has 6 heteroatoms. The van der Waals surface area contributed by atoms with E-state index in [-0.39, 0.29) is 11.2 Å². The second kappa shape index (κ2) is 4.89. The van der Waals surface area contributed by atoms with Crippen LogP contribution in [0, 0.1) is 24.0 Å². The number of hydrogen-bond acceptors (Lipinski definition) is 4. The predicted octanol–water partition coefficient (Wildman–Crippen LogP) is 1.79. The zero-order valence-electron chi connectivity index (χ0n) is 11.4. The summed E-state index contributed by atoms with van der Waals surface area (Å²) in [6.45, 7) is 9.51. The van der Waals surface area contributed by atoms with E-state index in [0.717, 1.165) is 0 Å². The standard InChI is InChI=1S/C12H19N3O3/c1-7-9(6-13-12(3,4)5)11(16)10(15(17)18)8(2)14-7/h13H,6H2,1-5H3,(H,14,16). The fourth-order valence-corrected chi connectivity index (χ4v) is 1.69. The number of nitro groups is 1. The van der Waals surface area contributed by atoms with Gasteiger partial charge in [0.25, 0.3) is 5.43 Å². The third-order valence-corrected chi connectivity index (χ3v) is 2.65. The van der Waals surface area contributed by atoms with Gasteiger partial charge in [-0.05, 0) is 34.6 Å². The monoisotopic (exact) mass is 253 g/mol. The lowest BCUT2D eigenvalue weighted by Crippen LogP contribution is -2.37. The van der Waals surface area contributed by atoms with Crippen LogP contribution in [0.3, 0.4) is 0 Å². The second-order valence-corrected chi connectivity index (χ2v) is 5.39. The molecule has 0 fully saturated rings. The van der Waals surface area contributed by atoms with Crippen molar-refractivity contribution >= 4 is 5.69 Å². The van der Waals surface area contributed by atoms with E-state index in [4.69, 9.17) is 0 Å². The first-order valence-corrected chi connectivity index (χ1v) is 5.75. The van der Waals surface area contributed by atoms with Crippen LogP contribution < -0.4 is 10.7 Å². The summed E-state index contributed by atoms with van der Waals surface area (Å²) in [5.41, 5.74) is 0.347. The van der Waals surface area contributed by atoms with Crippen molar-refractivity contribution in [2.45, 2.75) is 46.7 Å². The molecular formula is C12H19N3O3. The molecule has 0 bridgehead atoms. The molecular weight excluding hydrogens is 234 g/mol. The third-order valence-electron chi connectivity index (χ3n) is 2.65. The highest BCUT2D eigenvalue weighted by Gasteiger charge is 2.22. The Bertz CT molecular complexity index is 527. The number of rotatable bonds is 3. The molecule has 0 aromatic carbocycles. The number of nitrogens with one attached hydrogen (secondary N) is 2. The molecule has 0 saturated heterocycles. The highest BCUT2D eigenvalue weighted by Crippen LogP contribution is 2.13. The number of H-pyrrole nitrogens is 1. The van der Waals surface area contributed by atoms with Crippen molar-refractivity contribution in [1.29, 1.82) is 0 Å². The van der Waals surface area contributed by atoms with Crippen LogP contribution in [0.25, 0.3) is 0 Å². The van der Waals surface area contributed by atoms with Gasteiger partial charge in [0, 0.05) is 23.3 Å². The summed E-state index contributed by atoms with van der Waals surface area (Å²) < 4.78 is 0. The average molecular weight is 253 g/mol. The molecule has 0 atom stereocenters. The summed E-state index contributed by atoms with van der Waals surface area (Å²) >= 11 is 0. The van der Waals surface area contributed by atoms with Gasteiger partial charge in [0.15, 0.2) is 0 Å². The van der Waals surface area contributed by atoms with Crippen molar-refractivity contribution in [2.24, 2.45) is 0 Å². The van der Waals surface area contributed by atoms with Crippen LogP contribution in [0.2, 0.25) is 0 Å². The van der Waals surface area contributed by atoms with Gasteiger partial charge in [0.2, 0.25) is 0 Å². The lowest BCUT2D eigenvalue weighted by Gasteiger charge is -2.21. The van der Waals surface area contributed by atoms with Gasteiger partial charge in [0.1, 0.15) is 0 Å². The number of hydrogen-bond donors (Lipinski definition) is 2. The molecule has 0 spiro atoms. The van der Waals surface area contributed by atoms with E-state index in [9.17, 15) is 14.9 Å². The molecule has 0 aliphatic heterocycles. The zero-order chi connectivity index (χ0) is 14.1. The molecule has 0 saturated carbocycles. The number of aryl methyl sites for hydroxylation is 2. The van der Waals surface area contributed by atoms with Crippen molar-refractivity contribution < 1.29 is 4.92 Å². The fraction of sp³-hybridized carbons (Fsp3) is 0.583. The van der Waals surface area contributed by atoms with Crippen LogP contribution in [-0.4, -0.2) is 15.4 Å². The molecule has 100 valence electrons. The first kappa shape index (κ1) is 14.4. The molecule has 6 nitrogen and oxygen atoms in total. The highest BCUT2D eigenvalue weighted by molar-refractivity contribution is 5.40. The van der Waals surface area contributed by atoms with Gasteiger partial charge in [-0.1, -0.05) is 0 Å². The van der Waals surface area contributed by atoms with Crippen molar-refractivity contribution in [3.8, 4) is 0 Å². The van der Waals surface area contributed by atoms with Crippen LogP contribution in [-0.2, 0) is 6.54 Å². The molecule has 18 heavy (non-hydrogen) atoms. The average Bonchev–Trinajstić information content (AvgIpc) is 2.13. The normalized spacial score (nSPS) is 11.6. The quantitative estimate of drug-likeness (QED) is 0.635. The topological polar surface area (TPSA) is 88.0 Å². The second-order valence-electron chi connectivity index (χ2n) is 5.39. The van der Waals surface area contributed by atoms with Gasteiger partial charge in [-0.2, -0.15) is 0 Å². The molecule has 0 aliphatic carbocycles. The molecule has 1 aromatic rings. The summed E-state index contributed by atoms with van der Waals surface area (Å²) in [5, 5.41) is 14.0. The van der Waals surface area contributed by atoms with Gasteiger partial charge in [-0.3, -0.25) is 14.9 Å². The maximum absolute atomic E-state index is 12.1. The van der Waals surface area contributed by atoms with E-state index in [1.54, 1.807) is 6.92 Å². The smallest absolute Gasteiger partial charge is 0.335 e. The van der Waals surface area contributed by atoms with Crippen LogP contribution >= 0.6 is 0 Å². The molecule has 0 radical (unpaired) electrons. The molecule has 0 unspecified atom stereocenters. The Balaban J connectivity index is 3.25. The first-order chi connectivity index (χ1) is 8.13. The molecule has 1 rings (SSSR count). The fourth-order valence-electron chi connectivity index (χ4n) is 1.69. The van der Waals surface area contributed by atoms with E-state index < -0.39 is 10.4 Å². The Hall–Kier alpha value is -1.69. The first-order valence-electron chi connectivity index (χ1n) is 5.75. The Kier molecular flexibility index (Phi) is 3.91. The lowest BCUT2D eigenvalue weighted by molar-refractivity contribution is -0.386. The van der Waals surface area contributed by atoms with Gasteiger partial charge in [-0.25, -0.2) is 0 Å². The Morgan fingerprint density at radius 1 is 1.28 bits per heavy atom. The van der Waals surface area contributed by atoms with E-state index in [1.807, 2.05) is 20.8 Å². The molecule has 1 aromatic heterocycles. The number of nitrogens with zero attached hydrogens (tertiary/aromatic N) is 1. The van der Waals surface area contributed by atoms with Crippen molar-refractivity contribution in [3.63, 3.8) is 0 Å². The molecule has 2 N–H and O–H groups in total. The van der Waals surface area contributed by atoms with Crippen molar-refractivity contribution in [2.75, 3.05) is 0 Å². The molecule has 1 heterocycles. The van der Waals surface area contributed by atoms with E-state index in [2.05, 4.69) is 10.3 Å². The lowest BCUT2D eigenvalue weighted by atomic mass is 10.1. The maximum atomic E-state index is 12.1. The summed E-state index contributed by atoms with van der Waals surface area (Å²) in [5.74, 6) is 0. The summed E-state index contributed by atoms with van der Waals surface area (Å²) in [4.78, 5) is 25.2. The Morgan fingerprint density at radius 2 is 1.83 bits per heavy atom. The van der Waals surface area contributed by atoms with Crippen molar-refractivity contribution in [3.05, 3.63) is 37.3 Å². The summed E-state index contributed by atoms with van der Waals surface area (Å²) in [6.07, 6.45) is 0. The number of aromatic amines is 1. The Morgan fingerprint density at radius 3 is 2.28 bits per heavy atom. The molecule has 0 aliphatic rings. The summed E-state index contributed by atoms with van der Waals surface area (Å²) in [7, 11) is 0.